The molecule has 31 heavy (non-hydrogen) atoms. The van der Waals surface area contributed by atoms with Gasteiger partial charge in [-0.25, -0.2) is 9.67 Å². The van der Waals surface area contributed by atoms with Crippen LogP contribution in [0.1, 0.15) is 38.4 Å². The van der Waals surface area contributed by atoms with E-state index in [0.717, 1.165) is 18.5 Å². The molecule has 0 radical (unpaired) electrons. The van der Waals surface area contributed by atoms with Crippen LogP contribution in [0, 0.1) is 0 Å². The average Bonchev–Trinajstić information content (AvgIpc) is 3.17. The van der Waals surface area contributed by atoms with Gasteiger partial charge in [0.2, 0.25) is 11.8 Å². The SMILES string of the molecule is COc1cc(Oc2ccnc(Nc3ccnc(C(C)(C)O)c3)c2)n(C2CCOCC2)n1. The van der Waals surface area contributed by atoms with Gasteiger partial charge < -0.3 is 24.6 Å². The summed E-state index contributed by atoms with van der Waals surface area (Å²) in [6.07, 6.45) is 5.06. The van der Waals surface area contributed by atoms with Gasteiger partial charge in [0, 0.05) is 37.4 Å². The normalized spacial score (nSPS) is 15.0. The van der Waals surface area contributed by atoms with Crippen LogP contribution in [0.5, 0.6) is 17.5 Å². The highest BCUT2D eigenvalue weighted by Crippen LogP contribution is 2.32. The van der Waals surface area contributed by atoms with Crippen LogP contribution < -0.4 is 14.8 Å². The summed E-state index contributed by atoms with van der Waals surface area (Å²) in [7, 11) is 1.59. The quantitative estimate of drug-likeness (QED) is 0.589. The van der Waals surface area contributed by atoms with Gasteiger partial charge in [0.15, 0.2) is 0 Å². The minimum absolute atomic E-state index is 0.198. The third-order valence-corrected chi connectivity index (χ3v) is 5.04. The first kappa shape index (κ1) is 21.1. The Labute approximate surface area is 181 Å². The number of rotatable bonds is 7. The van der Waals surface area contributed by atoms with Crippen molar-refractivity contribution in [2.24, 2.45) is 0 Å². The van der Waals surface area contributed by atoms with E-state index in [1.807, 2.05) is 10.7 Å². The van der Waals surface area contributed by atoms with Crippen LogP contribution in [-0.2, 0) is 10.3 Å². The van der Waals surface area contributed by atoms with Gasteiger partial charge in [-0.15, -0.1) is 5.10 Å². The fraction of sp³-hybridized carbons (Fsp3) is 0.409. The lowest BCUT2D eigenvalue weighted by atomic mass is 10.0. The fourth-order valence-electron chi connectivity index (χ4n) is 3.38. The molecule has 0 aliphatic carbocycles. The van der Waals surface area contributed by atoms with E-state index < -0.39 is 5.60 Å². The molecule has 0 spiro atoms. The van der Waals surface area contributed by atoms with Gasteiger partial charge in [0.05, 0.1) is 24.9 Å². The van der Waals surface area contributed by atoms with Gasteiger partial charge in [-0.05, 0) is 44.9 Å². The van der Waals surface area contributed by atoms with Crippen LogP contribution in [0.2, 0.25) is 0 Å². The molecule has 2 N–H and O–H groups in total. The molecule has 4 heterocycles. The number of nitrogens with one attached hydrogen (secondary N) is 1. The van der Waals surface area contributed by atoms with Crippen LogP contribution in [0.3, 0.4) is 0 Å². The highest BCUT2D eigenvalue weighted by Gasteiger charge is 2.22. The van der Waals surface area contributed by atoms with Crippen LogP contribution in [-0.4, -0.2) is 45.2 Å². The zero-order valence-corrected chi connectivity index (χ0v) is 17.9. The van der Waals surface area contributed by atoms with E-state index in [-0.39, 0.29) is 6.04 Å². The Morgan fingerprint density at radius 1 is 1.13 bits per heavy atom. The Morgan fingerprint density at radius 3 is 2.65 bits per heavy atom. The van der Waals surface area contributed by atoms with Crippen molar-refractivity contribution >= 4 is 11.5 Å². The maximum atomic E-state index is 10.2. The smallest absolute Gasteiger partial charge is 0.236 e. The number of hydrogen-bond donors (Lipinski definition) is 2. The fourth-order valence-corrected chi connectivity index (χ4v) is 3.38. The van der Waals surface area contributed by atoms with E-state index in [1.54, 1.807) is 57.6 Å². The van der Waals surface area contributed by atoms with E-state index in [2.05, 4.69) is 20.4 Å². The molecular formula is C22H27N5O4. The predicted molar refractivity (Wildman–Crippen MR) is 115 cm³/mol. The Kier molecular flexibility index (Phi) is 6.06. The van der Waals surface area contributed by atoms with Crippen molar-refractivity contribution in [3.63, 3.8) is 0 Å². The summed E-state index contributed by atoms with van der Waals surface area (Å²) in [5, 5.41) is 17.9. The minimum Gasteiger partial charge on any atom is -0.480 e. The summed E-state index contributed by atoms with van der Waals surface area (Å²) in [6, 6.07) is 9.17. The first-order valence-corrected chi connectivity index (χ1v) is 10.2. The van der Waals surface area contributed by atoms with E-state index in [9.17, 15) is 5.11 Å². The maximum absolute atomic E-state index is 10.2. The van der Waals surface area contributed by atoms with Crippen molar-refractivity contribution in [1.82, 2.24) is 19.7 Å². The van der Waals surface area contributed by atoms with Crippen LogP contribution in [0.4, 0.5) is 11.5 Å². The topological polar surface area (TPSA) is 104 Å². The van der Waals surface area contributed by atoms with Crippen molar-refractivity contribution in [1.29, 1.82) is 0 Å². The molecular weight excluding hydrogens is 398 g/mol. The lowest BCUT2D eigenvalue weighted by Gasteiger charge is -2.23. The number of nitrogens with zero attached hydrogens (tertiary/aromatic N) is 4. The molecule has 1 saturated heterocycles. The number of methoxy groups -OCH3 is 1. The highest BCUT2D eigenvalue weighted by molar-refractivity contribution is 5.57. The molecule has 1 aliphatic rings. The summed E-state index contributed by atoms with van der Waals surface area (Å²) < 4.78 is 18.8. The second-order valence-electron chi connectivity index (χ2n) is 7.91. The lowest BCUT2D eigenvalue weighted by molar-refractivity contribution is 0.0639. The van der Waals surface area contributed by atoms with Gasteiger partial charge in [0.1, 0.15) is 17.2 Å². The molecule has 9 nitrogen and oxygen atoms in total. The molecule has 3 aromatic heterocycles. The molecule has 0 atom stereocenters. The Morgan fingerprint density at radius 2 is 1.90 bits per heavy atom. The van der Waals surface area contributed by atoms with Gasteiger partial charge in [-0.2, -0.15) is 0 Å². The van der Waals surface area contributed by atoms with E-state index in [1.165, 1.54) is 0 Å². The van der Waals surface area contributed by atoms with Gasteiger partial charge in [-0.3, -0.25) is 4.98 Å². The molecule has 0 amide bonds. The Bertz CT molecular complexity index is 1020. The van der Waals surface area contributed by atoms with Gasteiger partial charge in [0.25, 0.3) is 0 Å². The van der Waals surface area contributed by atoms with Gasteiger partial charge in [-0.1, -0.05) is 0 Å². The zero-order valence-electron chi connectivity index (χ0n) is 17.9. The van der Waals surface area contributed by atoms with Crippen molar-refractivity contribution in [2.45, 2.75) is 38.3 Å². The van der Waals surface area contributed by atoms with Crippen molar-refractivity contribution in [3.05, 3.63) is 48.4 Å². The van der Waals surface area contributed by atoms with Crippen molar-refractivity contribution in [3.8, 4) is 17.5 Å². The summed E-state index contributed by atoms with van der Waals surface area (Å²) in [6.45, 7) is 4.80. The van der Waals surface area contributed by atoms with E-state index >= 15 is 0 Å². The number of anilines is 2. The first-order valence-electron chi connectivity index (χ1n) is 10.2. The van der Waals surface area contributed by atoms with Crippen molar-refractivity contribution in [2.75, 3.05) is 25.6 Å². The Hall–Kier alpha value is -3.17. The summed E-state index contributed by atoms with van der Waals surface area (Å²) in [4.78, 5) is 8.59. The van der Waals surface area contributed by atoms with Crippen LogP contribution in [0.15, 0.2) is 42.7 Å². The second-order valence-corrected chi connectivity index (χ2v) is 7.91. The third-order valence-electron chi connectivity index (χ3n) is 5.04. The average molecular weight is 425 g/mol. The van der Waals surface area contributed by atoms with Crippen LogP contribution >= 0.6 is 0 Å². The number of pyridine rings is 2. The van der Waals surface area contributed by atoms with Crippen molar-refractivity contribution < 1.29 is 19.3 Å². The standard InChI is InChI=1S/C22H27N5O4/c1-22(2,28)18-12-15(4-8-23-18)25-19-13-17(5-9-24-19)31-21-14-20(29-3)26-27(21)16-6-10-30-11-7-16/h4-5,8-9,12-14,16,28H,6-7,10-11H2,1-3H3,(H,23,24,25). The second kappa shape index (κ2) is 8.91. The molecule has 164 valence electrons. The summed E-state index contributed by atoms with van der Waals surface area (Å²) >= 11 is 0. The summed E-state index contributed by atoms with van der Waals surface area (Å²) in [5.74, 6) is 2.33. The number of ether oxygens (including phenoxy) is 3. The van der Waals surface area contributed by atoms with E-state index in [4.69, 9.17) is 14.2 Å². The molecule has 0 bridgehead atoms. The van der Waals surface area contributed by atoms with Crippen LogP contribution in [0.25, 0.3) is 0 Å². The third kappa shape index (κ3) is 5.12. The monoisotopic (exact) mass is 425 g/mol. The molecule has 9 heteroatoms. The molecule has 4 rings (SSSR count). The number of hydrogen-bond acceptors (Lipinski definition) is 8. The molecule has 1 aliphatic heterocycles. The number of aliphatic hydroxyl groups is 1. The predicted octanol–water partition coefficient (Wildman–Crippen LogP) is 3.80. The number of aromatic nitrogens is 4. The molecule has 0 saturated carbocycles. The first-order chi connectivity index (χ1) is 14.9. The molecule has 3 aromatic rings. The van der Waals surface area contributed by atoms with Gasteiger partial charge >= 0.3 is 0 Å². The molecule has 1 fully saturated rings. The Balaban J connectivity index is 1.54. The summed E-state index contributed by atoms with van der Waals surface area (Å²) in [5.41, 5.74) is 0.306. The largest absolute Gasteiger partial charge is 0.480 e. The zero-order chi connectivity index (χ0) is 21.8. The molecule has 0 unspecified atom stereocenters. The highest BCUT2D eigenvalue weighted by atomic mass is 16.5. The van der Waals surface area contributed by atoms with E-state index in [0.29, 0.717) is 42.2 Å². The maximum Gasteiger partial charge on any atom is 0.236 e. The lowest BCUT2D eigenvalue weighted by Crippen LogP contribution is -2.21. The molecule has 0 aromatic carbocycles. The minimum atomic E-state index is -1.03.